The first-order chi connectivity index (χ1) is 8.49. The zero-order valence-corrected chi connectivity index (χ0v) is 12.0. The molecule has 0 aliphatic carbocycles. The smallest absolute Gasteiger partial charge is 0.146 e. The second kappa shape index (κ2) is 6.39. The Morgan fingerprint density at radius 1 is 1.33 bits per heavy atom. The third kappa shape index (κ3) is 3.46. The SMILES string of the molecule is CCc1cc(N(C)C)ccc1/C=C(\C=O)C(C)C. The van der Waals surface area contributed by atoms with Crippen molar-refractivity contribution in [3.63, 3.8) is 0 Å². The van der Waals surface area contributed by atoms with E-state index in [0.29, 0.717) is 0 Å². The van der Waals surface area contributed by atoms with E-state index >= 15 is 0 Å². The lowest BCUT2D eigenvalue weighted by atomic mass is 9.97. The number of aryl methyl sites for hydroxylation is 1. The molecule has 1 aromatic carbocycles. The van der Waals surface area contributed by atoms with Crippen molar-refractivity contribution in [3.8, 4) is 0 Å². The molecule has 0 aliphatic heterocycles. The number of benzene rings is 1. The van der Waals surface area contributed by atoms with Crippen LogP contribution in [0.25, 0.3) is 6.08 Å². The maximum atomic E-state index is 11.0. The van der Waals surface area contributed by atoms with Crippen molar-refractivity contribution in [2.45, 2.75) is 27.2 Å². The number of carbonyl (C=O) groups is 1. The number of nitrogens with zero attached hydrogens (tertiary/aromatic N) is 1. The van der Waals surface area contributed by atoms with Gasteiger partial charge in [0.2, 0.25) is 0 Å². The summed E-state index contributed by atoms with van der Waals surface area (Å²) in [6, 6.07) is 6.38. The second-order valence-electron chi connectivity index (χ2n) is 5.05. The van der Waals surface area contributed by atoms with Crippen molar-refractivity contribution in [2.75, 3.05) is 19.0 Å². The van der Waals surface area contributed by atoms with Gasteiger partial charge in [0, 0.05) is 19.8 Å². The van der Waals surface area contributed by atoms with Crippen LogP contribution in [0.2, 0.25) is 0 Å². The number of aldehydes is 1. The molecular formula is C16H23NO. The van der Waals surface area contributed by atoms with Crippen LogP contribution in [-0.2, 0) is 11.2 Å². The van der Waals surface area contributed by atoms with Crippen LogP contribution in [-0.4, -0.2) is 20.4 Å². The summed E-state index contributed by atoms with van der Waals surface area (Å²) in [6.07, 6.45) is 3.94. The van der Waals surface area contributed by atoms with Crippen molar-refractivity contribution in [3.05, 3.63) is 34.9 Å². The molecule has 98 valence electrons. The highest BCUT2D eigenvalue weighted by Crippen LogP contribution is 2.22. The highest BCUT2D eigenvalue weighted by Gasteiger charge is 2.06. The van der Waals surface area contributed by atoms with E-state index in [4.69, 9.17) is 0 Å². The van der Waals surface area contributed by atoms with Crippen LogP contribution in [0.5, 0.6) is 0 Å². The van der Waals surface area contributed by atoms with Crippen molar-refractivity contribution in [1.82, 2.24) is 0 Å². The fraction of sp³-hybridized carbons (Fsp3) is 0.438. The van der Waals surface area contributed by atoms with E-state index in [-0.39, 0.29) is 5.92 Å². The zero-order valence-electron chi connectivity index (χ0n) is 12.0. The van der Waals surface area contributed by atoms with E-state index in [1.54, 1.807) is 0 Å². The van der Waals surface area contributed by atoms with Crippen molar-refractivity contribution >= 4 is 18.0 Å². The molecule has 0 unspecified atom stereocenters. The lowest BCUT2D eigenvalue weighted by Gasteiger charge is -2.15. The van der Waals surface area contributed by atoms with Gasteiger partial charge in [-0.25, -0.2) is 0 Å². The molecule has 0 spiro atoms. The van der Waals surface area contributed by atoms with Gasteiger partial charge in [0.1, 0.15) is 6.29 Å². The van der Waals surface area contributed by atoms with Crippen LogP contribution in [0, 0.1) is 5.92 Å². The Balaban J connectivity index is 3.21. The van der Waals surface area contributed by atoms with Gasteiger partial charge >= 0.3 is 0 Å². The topological polar surface area (TPSA) is 20.3 Å². The standard InChI is InChI=1S/C16H23NO/c1-6-13-10-16(17(4)5)8-7-14(13)9-15(11-18)12(2)3/h7-12H,6H2,1-5H3/b15-9+. The maximum Gasteiger partial charge on any atom is 0.146 e. The average Bonchev–Trinajstić information content (AvgIpc) is 2.35. The molecule has 0 N–H and O–H groups in total. The molecule has 0 aromatic heterocycles. The van der Waals surface area contributed by atoms with Crippen molar-refractivity contribution < 1.29 is 4.79 Å². The molecule has 0 saturated carbocycles. The van der Waals surface area contributed by atoms with Crippen LogP contribution in [0.3, 0.4) is 0 Å². The third-order valence-corrected chi connectivity index (χ3v) is 3.15. The summed E-state index contributed by atoms with van der Waals surface area (Å²) >= 11 is 0. The first-order valence-electron chi connectivity index (χ1n) is 6.46. The van der Waals surface area contributed by atoms with Gasteiger partial charge in [-0.3, -0.25) is 4.79 Å². The number of carbonyl (C=O) groups excluding carboxylic acids is 1. The zero-order chi connectivity index (χ0) is 13.7. The molecule has 0 saturated heterocycles. The summed E-state index contributed by atoms with van der Waals surface area (Å²) in [5.41, 5.74) is 4.48. The van der Waals surface area contributed by atoms with E-state index in [0.717, 1.165) is 23.8 Å². The van der Waals surface area contributed by atoms with Crippen LogP contribution in [0.4, 0.5) is 5.69 Å². The highest BCUT2D eigenvalue weighted by atomic mass is 16.1. The van der Waals surface area contributed by atoms with E-state index in [1.807, 2.05) is 34.0 Å². The summed E-state index contributed by atoms with van der Waals surface area (Å²) in [4.78, 5) is 13.1. The first-order valence-corrected chi connectivity index (χ1v) is 6.46. The largest absolute Gasteiger partial charge is 0.378 e. The fourth-order valence-electron chi connectivity index (χ4n) is 1.83. The Bertz CT molecular complexity index is 444. The minimum absolute atomic E-state index is 0.265. The Kier molecular flexibility index (Phi) is 5.14. The Hall–Kier alpha value is -1.57. The van der Waals surface area contributed by atoms with Crippen LogP contribution in [0.15, 0.2) is 23.8 Å². The summed E-state index contributed by atoms with van der Waals surface area (Å²) in [6.45, 7) is 6.22. The summed E-state index contributed by atoms with van der Waals surface area (Å²) < 4.78 is 0. The molecule has 2 heteroatoms. The molecule has 0 atom stereocenters. The van der Waals surface area contributed by atoms with Crippen LogP contribution in [0.1, 0.15) is 31.9 Å². The predicted octanol–water partition coefficient (Wildman–Crippen LogP) is 3.55. The molecule has 1 rings (SSSR count). The minimum Gasteiger partial charge on any atom is -0.378 e. The van der Waals surface area contributed by atoms with Gasteiger partial charge in [0.05, 0.1) is 0 Å². The molecule has 2 nitrogen and oxygen atoms in total. The Labute approximate surface area is 110 Å². The molecule has 0 aliphatic rings. The van der Waals surface area contributed by atoms with Gasteiger partial charge in [-0.05, 0) is 47.2 Å². The Morgan fingerprint density at radius 2 is 2.00 bits per heavy atom. The molecule has 0 bridgehead atoms. The summed E-state index contributed by atoms with van der Waals surface area (Å²) in [5, 5.41) is 0. The van der Waals surface area contributed by atoms with Crippen molar-refractivity contribution in [2.24, 2.45) is 5.92 Å². The van der Waals surface area contributed by atoms with Crippen LogP contribution >= 0.6 is 0 Å². The quantitative estimate of drug-likeness (QED) is 0.584. The molecule has 0 amide bonds. The number of rotatable bonds is 5. The molecule has 0 heterocycles. The summed E-state index contributed by atoms with van der Waals surface area (Å²) in [7, 11) is 4.07. The van der Waals surface area contributed by atoms with Gasteiger partial charge in [-0.2, -0.15) is 0 Å². The van der Waals surface area contributed by atoms with Crippen molar-refractivity contribution in [1.29, 1.82) is 0 Å². The number of hydrogen-bond acceptors (Lipinski definition) is 2. The number of allylic oxidation sites excluding steroid dienone is 1. The molecular weight excluding hydrogens is 222 g/mol. The average molecular weight is 245 g/mol. The maximum absolute atomic E-state index is 11.0. The Morgan fingerprint density at radius 3 is 2.44 bits per heavy atom. The summed E-state index contributed by atoms with van der Waals surface area (Å²) in [5.74, 6) is 0.265. The number of anilines is 1. The fourth-order valence-corrected chi connectivity index (χ4v) is 1.83. The lowest BCUT2D eigenvalue weighted by Crippen LogP contribution is -2.09. The normalized spacial score (nSPS) is 11.8. The van der Waals surface area contributed by atoms with Gasteiger partial charge in [-0.1, -0.05) is 26.8 Å². The molecule has 0 fully saturated rings. The molecule has 18 heavy (non-hydrogen) atoms. The number of hydrogen-bond donors (Lipinski definition) is 0. The third-order valence-electron chi connectivity index (χ3n) is 3.15. The monoisotopic (exact) mass is 245 g/mol. The van der Waals surface area contributed by atoms with E-state index in [2.05, 4.69) is 30.0 Å². The second-order valence-corrected chi connectivity index (χ2v) is 5.05. The molecule has 0 radical (unpaired) electrons. The molecule has 1 aromatic rings. The van der Waals surface area contributed by atoms with Gasteiger partial charge in [0.25, 0.3) is 0 Å². The van der Waals surface area contributed by atoms with E-state index < -0.39 is 0 Å². The minimum atomic E-state index is 0.265. The van der Waals surface area contributed by atoms with Gasteiger partial charge in [0.15, 0.2) is 0 Å². The van der Waals surface area contributed by atoms with Crippen LogP contribution < -0.4 is 4.90 Å². The van der Waals surface area contributed by atoms with Gasteiger partial charge in [-0.15, -0.1) is 0 Å². The van der Waals surface area contributed by atoms with Gasteiger partial charge < -0.3 is 4.90 Å². The lowest BCUT2D eigenvalue weighted by molar-refractivity contribution is -0.105. The van der Waals surface area contributed by atoms with E-state index in [1.165, 1.54) is 11.3 Å². The van der Waals surface area contributed by atoms with E-state index in [9.17, 15) is 4.79 Å². The predicted molar refractivity (Wildman–Crippen MR) is 79.0 cm³/mol. The first kappa shape index (κ1) is 14.5. The highest BCUT2D eigenvalue weighted by molar-refractivity contribution is 5.83.